The number of halogens is 1. The number of aromatic nitrogens is 4. The van der Waals surface area contributed by atoms with Crippen LogP contribution in [-0.2, 0) is 11.3 Å². The smallest absolute Gasteiger partial charge is 0.246 e. The van der Waals surface area contributed by atoms with E-state index < -0.39 is 0 Å². The molecule has 9 nitrogen and oxygen atoms in total. The van der Waals surface area contributed by atoms with Gasteiger partial charge in [-0.2, -0.15) is 0 Å². The summed E-state index contributed by atoms with van der Waals surface area (Å²) in [5.41, 5.74) is 7.11. The van der Waals surface area contributed by atoms with Crippen LogP contribution in [0.3, 0.4) is 0 Å². The fraction of sp³-hybridized carbons (Fsp3) is 0.467. The minimum absolute atomic E-state index is 0.0611. The molecule has 3 N–H and O–H groups in total. The van der Waals surface area contributed by atoms with Crippen LogP contribution in [0.5, 0.6) is 0 Å². The predicted octanol–water partition coefficient (Wildman–Crippen LogP) is 0.689. The number of nitrogen functional groups attached to an aromatic ring is 1. The first-order valence-electron chi connectivity index (χ1n) is 8.15. The molecule has 1 saturated heterocycles. The molecule has 1 amide bonds. The predicted molar refractivity (Wildman–Crippen MR) is 96.6 cm³/mol. The minimum Gasteiger partial charge on any atom is -0.367 e. The summed E-state index contributed by atoms with van der Waals surface area (Å²) in [4.78, 5) is 16.9. The van der Waals surface area contributed by atoms with Crippen LogP contribution in [-0.4, -0.2) is 63.7 Å². The molecule has 0 radical (unpaired) electrons. The van der Waals surface area contributed by atoms with Crippen LogP contribution in [0.4, 0.5) is 17.3 Å². The molecule has 0 bridgehead atoms. The molecule has 1 aromatic carbocycles. The second kappa shape index (κ2) is 7.66. The highest BCUT2D eigenvalue weighted by molar-refractivity contribution is 6.34. The molecule has 0 spiro atoms. The number of hydrogen-bond donors (Lipinski definition) is 2. The van der Waals surface area contributed by atoms with Crippen LogP contribution in [0.15, 0.2) is 18.2 Å². The summed E-state index contributed by atoms with van der Waals surface area (Å²) in [6.07, 6.45) is 0. The Morgan fingerprint density at radius 2 is 2.08 bits per heavy atom. The monoisotopic (exact) mass is 364 g/mol. The van der Waals surface area contributed by atoms with Crippen molar-refractivity contribution in [2.45, 2.75) is 13.5 Å². The van der Waals surface area contributed by atoms with Crippen LogP contribution < -0.4 is 16.0 Å². The molecule has 1 aromatic heterocycles. The summed E-state index contributed by atoms with van der Waals surface area (Å²) in [6, 6.07) is 5.49. The van der Waals surface area contributed by atoms with Gasteiger partial charge in [-0.05, 0) is 29.1 Å². The van der Waals surface area contributed by atoms with Crippen molar-refractivity contribution in [3.8, 4) is 0 Å². The van der Waals surface area contributed by atoms with Crippen LogP contribution in [0.1, 0.15) is 6.92 Å². The van der Waals surface area contributed by atoms with E-state index in [1.165, 1.54) is 4.68 Å². The van der Waals surface area contributed by atoms with Gasteiger partial charge < -0.3 is 20.9 Å². The summed E-state index contributed by atoms with van der Waals surface area (Å²) < 4.78 is 1.24. The Kier molecular flexibility index (Phi) is 5.34. The Morgan fingerprint density at radius 3 is 2.72 bits per heavy atom. The molecule has 2 aromatic rings. The lowest BCUT2D eigenvalue weighted by molar-refractivity contribution is -0.116. The Balaban J connectivity index is 1.74. The quantitative estimate of drug-likeness (QED) is 0.804. The van der Waals surface area contributed by atoms with E-state index in [0.717, 1.165) is 38.4 Å². The van der Waals surface area contributed by atoms with Crippen molar-refractivity contribution in [3.05, 3.63) is 23.2 Å². The Hall–Kier alpha value is -2.39. The van der Waals surface area contributed by atoms with E-state index in [2.05, 4.69) is 37.6 Å². The first-order chi connectivity index (χ1) is 12.1. The lowest BCUT2D eigenvalue weighted by Gasteiger charge is -2.36. The van der Waals surface area contributed by atoms with Gasteiger partial charge in [-0.15, -0.1) is 0 Å². The number of likely N-dealkylation sites (N-methyl/N-ethyl adjacent to an activating group) is 1. The normalized spacial score (nSPS) is 15.4. The molecule has 1 aliphatic rings. The average Bonchev–Trinajstić information content (AvgIpc) is 3.00. The van der Waals surface area contributed by atoms with Gasteiger partial charge in [0.15, 0.2) is 0 Å². The maximum absolute atomic E-state index is 12.3. The van der Waals surface area contributed by atoms with Crippen molar-refractivity contribution in [3.63, 3.8) is 0 Å². The van der Waals surface area contributed by atoms with E-state index in [-0.39, 0.29) is 18.4 Å². The van der Waals surface area contributed by atoms with Crippen molar-refractivity contribution in [1.29, 1.82) is 0 Å². The van der Waals surface area contributed by atoms with Gasteiger partial charge in [0.2, 0.25) is 11.9 Å². The number of tetrazole rings is 1. The molecule has 0 saturated carbocycles. The molecule has 1 fully saturated rings. The number of para-hydroxylation sites is 1. The van der Waals surface area contributed by atoms with E-state index in [1.54, 1.807) is 0 Å². The van der Waals surface area contributed by atoms with Gasteiger partial charge in [-0.3, -0.25) is 4.79 Å². The summed E-state index contributed by atoms with van der Waals surface area (Å²) >= 11 is 6.42. The van der Waals surface area contributed by atoms with Crippen molar-refractivity contribution in [1.82, 2.24) is 25.1 Å². The number of nitrogens with one attached hydrogen (secondary N) is 1. The molecule has 134 valence electrons. The van der Waals surface area contributed by atoms with Crippen LogP contribution in [0.2, 0.25) is 5.02 Å². The zero-order valence-electron chi connectivity index (χ0n) is 14.0. The Morgan fingerprint density at radius 1 is 1.32 bits per heavy atom. The second-order valence-corrected chi connectivity index (χ2v) is 6.21. The average molecular weight is 365 g/mol. The number of piperazine rings is 1. The van der Waals surface area contributed by atoms with Gasteiger partial charge in [-0.25, -0.2) is 4.68 Å². The summed E-state index contributed by atoms with van der Waals surface area (Å²) in [7, 11) is 0. The minimum atomic E-state index is -0.269. The lowest BCUT2D eigenvalue weighted by atomic mass is 10.2. The number of carbonyl (C=O) groups is 1. The molecule has 0 aliphatic carbocycles. The third-order valence-corrected chi connectivity index (χ3v) is 4.55. The molecular formula is C15H21ClN8O. The molecule has 0 unspecified atom stereocenters. The number of amides is 1. The summed E-state index contributed by atoms with van der Waals surface area (Å²) in [5.74, 6) is -0.174. The molecule has 3 rings (SSSR count). The van der Waals surface area contributed by atoms with Crippen molar-refractivity contribution < 1.29 is 4.79 Å². The molecule has 2 heterocycles. The fourth-order valence-corrected chi connectivity index (χ4v) is 3.17. The third-order valence-electron chi connectivity index (χ3n) is 4.25. The second-order valence-electron chi connectivity index (χ2n) is 5.80. The van der Waals surface area contributed by atoms with Crippen molar-refractivity contribution in [2.75, 3.05) is 48.7 Å². The number of nitrogens with zero attached hydrogens (tertiary/aromatic N) is 6. The number of anilines is 3. The number of rotatable bonds is 5. The largest absolute Gasteiger partial charge is 0.367 e. The molecule has 10 heteroatoms. The van der Waals surface area contributed by atoms with Gasteiger partial charge in [-0.1, -0.05) is 29.7 Å². The highest BCUT2D eigenvalue weighted by atomic mass is 35.5. The Bertz CT molecular complexity index is 741. The molecule has 25 heavy (non-hydrogen) atoms. The lowest BCUT2D eigenvalue weighted by Crippen LogP contribution is -2.46. The summed E-state index contributed by atoms with van der Waals surface area (Å²) in [5, 5.41) is 14.2. The van der Waals surface area contributed by atoms with Crippen LogP contribution >= 0.6 is 11.6 Å². The zero-order chi connectivity index (χ0) is 17.8. The van der Waals surface area contributed by atoms with Gasteiger partial charge in [0.25, 0.3) is 0 Å². The van der Waals surface area contributed by atoms with Gasteiger partial charge in [0, 0.05) is 26.2 Å². The zero-order valence-corrected chi connectivity index (χ0v) is 14.8. The SMILES string of the molecule is CCN1CCN(c2c(Cl)cccc2NC(=O)Cn2nnnc2N)CC1. The first-order valence-corrected chi connectivity index (χ1v) is 8.53. The molecule has 1 aliphatic heterocycles. The van der Waals surface area contributed by atoms with Gasteiger partial charge in [0.05, 0.1) is 16.4 Å². The van der Waals surface area contributed by atoms with Crippen LogP contribution in [0, 0.1) is 0 Å². The van der Waals surface area contributed by atoms with Crippen molar-refractivity contribution >= 4 is 34.8 Å². The van der Waals surface area contributed by atoms with E-state index in [4.69, 9.17) is 17.3 Å². The topological polar surface area (TPSA) is 105 Å². The van der Waals surface area contributed by atoms with Crippen molar-refractivity contribution in [2.24, 2.45) is 0 Å². The Labute approximate surface area is 150 Å². The van der Waals surface area contributed by atoms with Gasteiger partial charge in [0.1, 0.15) is 6.54 Å². The van der Waals surface area contributed by atoms with E-state index in [0.29, 0.717) is 10.7 Å². The first kappa shape index (κ1) is 17.4. The number of benzene rings is 1. The van der Waals surface area contributed by atoms with E-state index in [9.17, 15) is 4.79 Å². The highest BCUT2D eigenvalue weighted by Gasteiger charge is 2.21. The maximum Gasteiger partial charge on any atom is 0.246 e. The number of nitrogens with two attached hydrogens (primary N) is 1. The summed E-state index contributed by atoms with van der Waals surface area (Å²) in [6.45, 7) is 6.79. The fourth-order valence-electron chi connectivity index (χ4n) is 2.88. The van der Waals surface area contributed by atoms with Crippen LogP contribution in [0.25, 0.3) is 0 Å². The van der Waals surface area contributed by atoms with E-state index >= 15 is 0 Å². The number of hydrogen-bond acceptors (Lipinski definition) is 7. The number of carbonyl (C=O) groups excluding carboxylic acids is 1. The van der Waals surface area contributed by atoms with E-state index in [1.807, 2.05) is 18.2 Å². The highest BCUT2D eigenvalue weighted by Crippen LogP contribution is 2.34. The standard InChI is InChI=1S/C15H21ClN8O/c1-2-22-6-8-23(9-7-22)14-11(16)4-3-5-12(14)18-13(25)10-24-15(17)19-20-21-24/h3-5H,2,6-10H2,1H3,(H,18,25)(H2,17,19,21). The van der Waals surface area contributed by atoms with Gasteiger partial charge >= 0.3 is 0 Å². The maximum atomic E-state index is 12.3. The molecule has 0 atom stereocenters. The third kappa shape index (κ3) is 3.99. The molecular weight excluding hydrogens is 344 g/mol.